The molecule has 6 nitrogen and oxygen atoms in total. The van der Waals surface area contributed by atoms with Gasteiger partial charge in [0.1, 0.15) is 11.5 Å². The number of ether oxygens (including phenoxy) is 2. The first-order valence-electron chi connectivity index (χ1n) is 10.9. The molecular weight excluding hydrogens is 438 g/mol. The summed E-state index contributed by atoms with van der Waals surface area (Å²) in [5, 5.41) is 0.618. The summed E-state index contributed by atoms with van der Waals surface area (Å²) in [5.41, 5.74) is 2.28. The van der Waals surface area contributed by atoms with Crippen LogP contribution in [0.2, 0.25) is 5.02 Å². The van der Waals surface area contributed by atoms with Crippen LogP contribution in [0.1, 0.15) is 22.8 Å². The molecule has 0 radical (unpaired) electrons. The molecule has 0 bridgehead atoms. The third-order valence-corrected chi connectivity index (χ3v) is 6.27. The Morgan fingerprint density at radius 3 is 2.61 bits per heavy atom. The van der Waals surface area contributed by atoms with Crippen LogP contribution in [0.4, 0.5) is 5.69 Å². The molecule has 0 saturated carbocycles. The summed E-state index contributed by atoms with van der Waals surface area (Å²) in [4.78, 5) is 22.2. The zero-order valence-corrected chi connectivity index (χ0v) is 19.2. The zero-order valence-electron chi connectivity index (χ0n) is 18.5. The number of hydrogen-bond acceptors (Lipinski definition) is 5. The van der Waals surface area contributed by atoms with Crippen LogP contribution < -0.4 is 9.47 Å². The van der Waals surface area contributed by atoms with E-state index in [2.05, 4.69) is 11.8 Å². The summed E-state index contributed by atoms with van der Waals surface area (Å²) < 4.78 is 11.8. The van der Waals surface area contributed by atoms with E-state index in [1.165, 1.54) is 0 Å². The van der Waals surface area contributed by atoms with Crippen molar-refractivity contribution < 1.29 is 14.3 Å². The first-order chi connectivity index (χ1) is 16.0. The number of nitrogens with zero attached hydrogens (tertiary/aromatic N) is 3. The van der Waals surface area contributed by atoms with Gasteiger partial charge in [-0.1, -0.05) is 29.8 Å². The lowest BCUT2D eigenvalue weighted by Gasteiger charge is -2.41. The predicted molar refractivity (Wildman–Crippen MR) is 129 cm³/mol. The maximum absolute atomic E-state index is 13.1. The van der Waals surface area contributed by atoms with Gasteiger partial charge >= 0.3 is 0 Å². The van der Waals surface area contributed by atoms with Crippen molar-refractivity contribution in [3.8, 4) is 17.2 Å². The first kappa shape index (κ1) is 21.3. The third kappa shape index (κ3) is 4.02. The second kappa shape index (κ2) is 8.79. The van der Waals surface area contributed by atoms with E-state index >= 15 is 0 Å². The summed E-state index contributed by atoms with van der Waals surface area (Å²) in [6.07, 6.45) is 0. The molecule has 2 aliphatic heterocycles. The molecule has 0 spiro atoms. The van der Waals surface area contributed by atoms with Gasteiger partial charge in [0, 0.05) is 36.3 Å². The van der Waals surface area contributed by atoms with Crippen LogP contribution in [-0.4, -0.2) is 54.3 Å². The molecule has 0 aliphatic carbocycles. The largest absolute Gasteiger partial charge is 0.493 e. The smallest absolute Gasteiger partial charge is 0.254 e. The van der Waals surface area contributed by atoms with Crippen LogP contribution >= 0.6 is 11.6 Å². The molecule has 1 unspecified atom stereocenters. The average molecular weight is 462 g/mol. The van der Waals surface area contributed by atoms with E-state index in [9.17, 15) is 4.79 Å². The normalized spacial score (nSPS) is 17.3. The molecule has 7 heteroatoms. The second-order valence-electron chi connectivity index (χ2n) is 8.14. The minimum Gasteiger partial charge on any atom is -0.493 e. The number of hydrogen-bond donors (Lipinski definition) is 0. The van der Waals surface area contributed by atoms with Crippen molar-refractivity contribution in [2.24, 2.45) is 4.99 Å². The topological polar surface area (TPSA) is 54.4 Å². The number of carbonyl (C=O) groups excluding carboxylic acids is 1. The lowest BCUT2D eigenvalue weighted by atomic mass is 10.1. The molecule has 1 amide bonds. The highest BCUT2D eigenvalue weighted by Crippen LogP contribution is 2.42. The van der Waals surface area contributed by atoms with E-state index in [-0.39, 0.29) is 11.9 Å². The lowest BCUT2D eigenvalue weighted by Crippen LogP contribution is -2.55. The molecule has 5 rings (SSSR count). The lowest BCUT2D eigenvalue weighted by molar-refractivity contribution is 0.0581. The SMILES string of the molecule is COc1cccc2c1Oc1ccccc1N=C2N1CCN(C(=O)c2ccc(Cl)cc2)C(C)C1. The number of amidine groups is 1. The predicted octanol–water partition coefficient (Wildman–Crippen LogP) is 5.38. The molecule has 1 fully saturated rings. The number of benzene rings is 3. The van der Waals surface area contributed by atoms with Gasteiger partial charge in [-0.2, -0.15) is 0 Å². The van der Waals surface area contributed by atoms with Gasteiger partial charge in [0.05, 0.1) is 12.7 Å². The number of fused-ring (bicyclic) bond motifs is 2. The summed E-state index contributed by atoms with van der Waals surface area (Å²) >= 11 is 5.98. The van der Waals surface area contributed by atoms with E-state index in [0.29, 0.717) is 47.5 Å². The van der Waals surface area contributed by atoms with Crippen molar-refractivity contribution in [1.82, 2.24) is 9.80 Å². The van der Waals surface area contributed by atoms with Crippen LogP contribution in [0.5, 0.6) is 17.2 Å². The van der Waals surface area contributed by atoms with Crippen LogP contribution in [0.15, 0.2) is 71.7 Å². The Kier molecular flexibility index (Phi) is 5.68. The third-order valence-electron chi connectivity index (χ3n) is 6.02. The number of carbonyl (C=O) groups is 1. The van der Waals surface area contributed by atoms with E-state index in [0.717, 1.165) is 17.1 Å². The molecule has 2 heterocycles. The highest BCUT2D eigenvalue weighted by molar-refractivity contribution is 6.30. The van der Waals surface area contributed by atoms with Crippen molar-refractivity contribution >= 4 is 29.0 Å². The van der Waals surface area contributed by atoms with Gasteiger partial charge < -0.3 is 19.3 Å². The zero-order chi connectivity index (χ0) is 22.9. The Morgan fingerprint density at radius 2 is 1.85 bits per heavy atom. The van der Waals surface area contributed by atoms with Crippen molar-refractivity contribution in [1.29, 1.82) is 0 Å². The van der Waals surface area contributed by atoms with Crippen LogP contribution in [-0.2, 0) is 0 Å². The Balaban J connectivity index is 1.46. The monoisotopic (exact) mass is 461 g/mol. The number of para-hydroxylation sites is 3. The number of rotatable bonds is 2. The van der Waals surface area contributed by atoms with Gasteiger partial charge in [-0.25, -0.2) is 4.99 Å². The fraction of sp³-hybridized carbons (Fsp3) is 0.231. The summed E-state index contributed by atoms with van der Waals surface area (Å²) in [6.45, 7) is 3.95. The molecule has 2 aliphatic rings. The van der Waals surface area contributed by atoms with Gasteiger partial charge in [-0.3, -0.25) is 4.79 Å². The highest BCUT2D eigenvalue weighted by Gasteiger charge is 2.32. The molecule has 1 saturated heterocycles. The molecule has 0 N–H and O–H groups in total. The molecular formula is C26H24ClN3O3. The summed E-state index contributed by atoms with van der Waals surface area (Å²) in [7, 11) is 1.63. The fourth-order valence-electron chi connectivity index (χ4n) is 4.33. The van der Waals surface area contributed by atoms with E-state index in [1.807, 2.05) is 47.4 Å². The standard InChI is InChI=1S/C26H24ClN3O3/c1-17-16-29(14-15-30(17)26(31)18-10-12-19(27)13-11-18)25-20-6-5-9-23(32-2)24(20)33-22-8-4-3-7-21(22)28-25/h3-13,17H,14-16H2,1-2H3. The van der Waals surface area contributed by atoms with Gasteiger partial charge in [-0.15, -0.1) is 0 Å². The second-order valence-corrected chi connectivity index (χ2v) is 8.58. The Bertz CT molecular complexity index is 1230. The first-order valence-corrected chi connectivity index (χ1v) is 11.3. The highest BCUT2D eigenvalue weighted by atomic mass is 35.5. The number of piperazine rings is 1. The van der Waals surface area contributed by atoms with Crippen molar-refractivity contribution in [2.45, 2.75) is 13.0 Å². The summed E-state index contributed by atoms with van der Waals surface area (Å²) in [5.74, 6) is 2.82. The minimum absolute atomic E-state index is 0.00176. The van der Waals surface area contributed by atoms with E-state index in [1.54, 1.807) is 31.4 Å². The van der Waals surface area contributed by atoms with Gasteiger partial charge in [0.2, 0.25) is 0 Å². The molecule has 33 heavy (non-hydrogen) atoms. The number of amides is 1. The van der Waals surface area contributed by atoms with E-state index in [4.69, 9.17) is 26.1 Å². The Hall–Kier alpha value is -3.51. The number of halogens is 1. The molecule has 1 atom stereocenters. The molecule has 168 valence electrons. The van der Waals surface area contributed by atoms with E-state index < -0.39 is 0 Å². The van der Waals surface area contributed by atoms with Crippen molar-refractivity contribution in [2.75, 3.05) is 26.7 Å². The fourth-order valence-corrected chi connectivity index (χ4v) is 4.46. The molecule has 3 aromatic rings. The van der Waals surface area contributed by atoms with Gasteiger partial charge in [0.25, 0.3) is 5.91 Å². The maximum atomic E-state index is 13.1. The number of aliphatic imine (C=N–C) groups is 1. The van der Waals surface area contributed by atoms with Crippen LogP contribution in [0.3, 0.4) is 0 Å². The van der Waals surface area contributed by atoms with Crippen molar-refractivity contribution in [3.63, 3.8) is 0 Å². The van der Waals surface area contributed by atoms with Gasteiger partial charge in [0.15, 0.2) is 17.2 Å². The average Bonchev–Trinajstić information content (AvgIpc) is 3.01. The van der Waals surface area contributed by atoms with Crippen LogP contribution in [0, 0.1) is 0 Å². The van der Waals surface area contributed by atoms with Crippen molar-refractivity contribution in [3.05, 3.63) is 82.9 Å². The minimum atomic E-state index is -0.00176. The quantitative estimate of drug-likeness (QED) is 0.514. The molecule has 3 aromatic carbocycles. The van der Waals surface area contributed by atoms with Crippen LogP contribution in [0.25, 0.3) is 0 Å². The summed E-state index contributed by atoms with van der Waals surface area (Å²) in [6, 6.07) is 20.6. The van der Waals surface area contributed by atoms with Gasteiger partial charge in [-0.05, 0) is 55.5 Å². The maximum Gasteiger partial charge on any atom is 0.254 e. The number of methoxy groups -OCH3 is 1. The Morgan fingerprint density at radius 1 is 1.06 bits per heavy atom. The Labute approximate surface area is 198 Å². The molecule has 0 aromatic heterocycles.